The molecule has 5 saturated heterocycles. The average molecular weight is 1370 g/mol. The third-order valence-corrected chi connectivity index (χ3v) is 22.0. The van der Waals surface area contributed by atoms with Crippen LogP contribution in [0.5, 0.6) is 0 Å². The van der Waals surface area contributed by atoms with Crippen molar-refractivity contribution in [3.63, 3.8) is 0 Å². The van der Waals surface area contributed by atoms with Crippen LogP contribution in [0.1, 0.15) is 341 Å². The molecule has 6 rings (SSSR count). The third kappa shape index (κ3) is 22.5. The largest absolute Gasteiger partial charge is 0.337 e. The summed E-state index contributed by atoms with van der Waals surface area (Å²) in [6.45, 7) is 69.3. The first-order valence-electron chi connectivity index (χ1n) is 40.0. The van der Waals surface area contributed by atoms with Gasteiger partial charge < -0.3 is 25.3 Å². The van der Waals surface area contributed by atoms with Gasteiger partial charge in [0.1, 0.15) is 0 Å². The van der Waals surface area contributed by atoms with Crippen molar-refractivity contribution in [2.24, 2.45) is 0 Å². The van der Waals surface area contributed by atoms with Crippen LogP contribution in [-0.2, 0) is 24.2 Å². The van der Waals surface area contributed by atoms with E-state index < -0.39 is 0 Å². The molecule has 1 aromatic heterocycles. The van der Waals surface area contributed by atoms with Crippen molar-refractivity contribution in [3.8, 4) is 0 Å². The van der Waals surface area contributed by atoms with Gasteiger partial charge in [-0.15, -0.1) is 0 Å². The summed E-state index contributed by atoms with van der Waals surface area (Å²) in [4.78, 5) is 59.0. The summed E-state index contributed by atoms with van der Waals surface area (Å²) in [6, 6.07) is 1.41. The standard InChI is InChI=1S/C79H155N13O5/c1-27-33-44-85(64-56-74(15,16)90(95-49-30-4)75(17,18)57-64)67-82-68(86(65-58-76(19,20)91(96-50-31-5)77(21,22)59-65)45-40-36-34-38-42-80-62-52-70(7,8)88(93-47-28-2)71(9,10)53-62)84-69(83-67)87(66-60-78(23,24)92(97-51-32-6)79(25,26)61-66)46-41-37-35-39-43-81-63-54-72(11,12)89(94-48-29-3)73(13,14)55-63/h62-66,80-81H,27-61H2,1-26H3. The minimum absolute atomic E-state index is 0.0450. The molecule has 2 N–H and O–H groups in total. The van der Waals surface area contributed by atoms with Gasteiger partial charge in [-0.3, -0.25) is 24.2 Å². The van der Waals surface area contributed by atoms with Gasteiger partial charge in [-0.1, -0.05) is 73.6 Å². The third-order valence-electron chi connectivity index (χ3n) is 22.0. The van der Waals surface area contributed by atoms with E-state index in [9.17, 15) is 0 Å². The van der Waals surface area contributed by atoms with E-state index in [0.29, 0.717) is 31.9 Å². The molecular weight excluding hydrogens is 1210 g/mol. The molecule has 566 valence electrons. The van der Waals surface area contributed by atoms with Gasteiger partial charge in [0.2, 0.25) is 17.8 Å². The van der Waals surface area contributed by atoms with Crippen molar-refractivity contribution < 1.29 is 24.2 Å². The molecule has 0 saturated carbocycles. The molecule has 18 nitrogen and oxygen atoms in total. The first kappa shape index (κ1) is 83.9. The molecule has 6 heterocycles. The molecule has 0 atom stereocenters. The van der Waals surface area contributed by atoms with E-state index in [-0.39, 0.29) is 73.5 Å². The van der Waals surface area contributed by atoms with Crippen LogP contribution in [0.15, 0.2) is 0 Å². The number of hydroxylamine groups is 10. The smallest absolute Gasteiger partial charge is 0.232 e. The Morgan fingerprint density at radius 3 is 0.711 bits per heavy atom. The highest BCUT2D eigenvalue weighted by atomic mass is 16.7. The van der Waals surface area contributed by atoms with Gasteiger partial charge in [0.05, 0.1) is 33.0 Å². The van der Waals surface area contributed by atoms with Crippen LogP contribution in [0, 0.1) is 0 Å². The van der Waals surface area contributed by atoms with Crippen molar-refractivity contribution >= 4 is 17.8 Å². The van der Waals surface area contributed by atoms with Gasteiger partial charge in [-0.25, -0.2) is 0 Å². The topological polar surface area (TPSA) is 135 Å². The molecular formula is C79H155N13O5. The summed E-state index contributed by atoms with van der Waals surface area (Å²) in [7, 11) is 0. The van der Waals surface area contributed by atoms with E-state index in [1.54, 1.807) is 0 Å². The van der Waals surface area contributed by atoms with Crippen molar-refractivity contribution in [1.82, 2.24) is 50.9 Å². The van der Waals surface area contributed by atoms with Gasteiger partial charge in [0.25, 0.3) is 0 Å². The number of aromatic nitrogens is 3. The maximum Gasteiger partial charge on any atom is 0.232 e. The molecule has 5 fully saturated rings. The number of nitrogens with zero attached hydrogens (tertiary/aromatic N) is 11. The first-order chi connectivity index (χ1) is 45.3. The van der Waals surface area contributed by atoms with E-state index in [0.717, 1.165) is 224 Å². The Hall–Kier alpha value is -2.07. The Balaban J connectivity index is 1.41. The van der Waals surface area contributed by atoms with Gasteiger partial charge >= 0.3 is 0 Å². The molecule has 0 unspecified atom stereocenters. The predicted molar refractivity (Wildman–Crippen MR) is 406 cm³/mol. The van der Waals surface area contributed by atoms with Crippen LogP contribution in [0.2, 0.25) is 0 Å². The highest BCUT2D eigenvalue weighted by Crippen LogP contribution is 2.47. The molecule has 0 aromatic carbocycles. The van der Waals surface area contributed by atoms with Crippen LogP contribution >= 0.6 is 0 Å². The zero-order chi connectivity index (χ0) is 72.1. The molecule has 5 aliphatic rings. The summed E-state index contributed by atoms with van der Waals surface area (Å²) in [5, 5.41) is 19.7. The van der Waals surface area contributed by atoms with E-state index in [4.69, 9.17) is 39.1 Å². The lowest BCUT2D eigenvalue weighted by Gasteiger charge is -2.56. The lowest BCUT2D eigenvalue weighted by atomic mass is 9.78. The van der Waals surface area contributed by atoms with Crippen molar-refractivity contribution in [1.29, 1.82) is 0 Å². The number of hydrogen-bond acceptors (Lipinski definition) is 18. The average Bonchev–Trinajstić information content (AvgIpc) is 0.774. The minimum atomic E-state index is -0.246. The molecule has 0 radical (unpaired) electrons. The van der Waals surface area contributed by atoms with Gasteiger partial charge in [-0.05, 0) is 280 Å². The first-order valence-corrected chi connectivity index (χ1v) is 40.0. The Kier molecular flexibility index (Phi) is 30.8. The van der Waals surface area contributed by atoms with Crippen molar-refractivity contribution in [3.05, 3.63) is 0 Å². The van der Waals surface area contributed by atoms with Gasteiger partial charge in [0.15, 0.2) is 0 Å². The second-order valence-corrected chi connectivity index (χ2v) is 37.1. The maximum atomic E-state index is 6.76. The number of anilines is 3. The van der Waals surface area contributed by atoms with E-state index in [1.165, 1.54) is 0 Å². The summed E-state index contributed by atoms with van der Waals surface area (Å²) in [5.74, 6) is 2.49. The summed E-state index contributed by atoms with van der Waals surface area (Å²) in [6.07, 6.45) is 25.9. The normalized spacial score (nSPS) is 24.1. The fraction of sp³-hybridized carbons (Fsp3) is 0.962. The van der Waals surface area contributed by atoms with Crippen LogP contribution in [-0.4, -0.2) is 192 Å². The maximum absolute atomic E-state index is 6.76. The van der Waals surface area contributed by atoms with Crippen LogP contribution in [0.25, 0.3) is 0 Å². The quantitative estimate of drug-likeness (QED) is 0.0603. The highest BCUT2D eigenvalue weighted by Gasteiger charge is 2.53. The number of rotatable bonds is 40. The molecule has 5 aliphatic heterocycles. The summed E-state index contributed by atoms with van der Waals surface area (Å²) >= 11 is 0. The molecule has 97 heavy (non-hydrogen) atoms. The lowest BCUT2D eigenvalue weighted by Crippen LogP contribution is -2.65. The Bertz CT molecular complexity index is 2250. The van der Waals surface area contributed by atoms with E-state index in [1.807, 2.05) is 0 Å². The van der Waals surface area contributed by atoms with Crippen LogP contribution in [0.4, 0.5) is 17.8 Å². The fourth-order valence-electron chi connectivity index (χ4n) is 19.3. The van der Waals surface area contributed by atoms with Gasteiger partial charge in [-0.2, -0.15) is 40.3 Å². The fourth-order valence-corrected chi connectivity index (χ4v) is 19.3. The number of piperidine rings is 5. The Morgan fingerprint density at radius 2 is 0.495 bits per heavy atom. The SMILES string of the molecule is CCCCN(c1nc(N(CCCCCCNC2CC(C)(C)N(OCCC)C(C)(C)C2)C2CC(C)(C)N(OCCC)C(C)(C)C2)nc(N(CCCCCCNC2CC(C)(C)N(OCCC)C(C)(C)C2)C2CC(C)(C)N(OCCC)C(C)(C)C2)n1)C1CC(C)(C)N(OCCC)C(C)(C)C1. The Morgan fingerprint density at radius 1 is 0.289 bits per heavy atom. The van der Waals surface area contributed by atoms with Crippen LogP contribution < -0.4 is 25.3 Å². The van der Waals surface area contributed by atoms with Crippen molar-refractivity contribution in [2.45, 2.75) is 426 Å². The van der Waals surface area contributed by atoms with E-state index >= 15 is 0 Å². The molecule has 0 bridgehead atoms. The minimum Gasteiger partial charge on any atom is -0.337 e. The second kappa shape index (κ2) is 35.6. The molecule has 1 aromatic rings. The number of nitrogens with one attached hydrogen (secondary N) is 2. The monoisotopic (exact) mass is 1370 g/mol. The lowest BCUT2D eigenvalue weighted by molar-refractivity contribution is -0.284. The summed E-state index contributed by atoms with van der Waals surface area (Å²) in [5.41, 5.74) is -1.62. The molecule has 0 spiro atoms. The van der Waals surface area contributed by atoms with Gasteiger partial charge in [0, 0.05) is 105 Å². The predicted octanol–water partition coefficient (Wildman–Crippen LogP) is 17.2. The van der Waals surface area contributed by atoms with Crippen LogP contribution in [0.3, 0.4) is 0 Å². The molecule has 18 heteroatoms. The molecule has 0 aliphatic carbocycles. The van der Waals surface area contributed by atoms with E-state index in [2.05, 4.69) is 231 Å². The number of hydrogen-bond donors (Lipinski definition) is 2. The second-order valence-electron chi connectivity index (χ2n) is 37.1. The zero-order valence-corrected chi connectivity index (χ0v) is 68.1. The summed E-state index contributed by atoms with van der Waals surface area (Å²) < 4.78 is 0. The number of unbranched alkanes of at least 4 members (excludes halogenated alkanes) is 7. The van der Waals surface area contributed by atoms with Crippen molar-refractivity contribution in [2.75, 3.05) is 80.5 Å². The zero-order valence-electron chi connectivity index (χ0n) is 68.1. The Labute approximate surface area is 596 Å². The molecule has 0 amide bonds. The highest BCUT2D eigenvalue weighted by molar-refractivity contribution is 5.49.